The van der Waals surface area contributed by atoms with E-state index in [4.69, 9.17) is 10.5 Å². The molecule has 0 bridgehead atoms. The summed E-state index contributed by atoms with van der Waals surface area (Å²) in [5.41, 5.74) is 8.78. The third kappa shape index (κ3) is 5.84. The SMILES string of the molecule is CC(Oc1ccc(-c2ccccc2)cc1)C(=O)NCc1ccc(NC(N)=O)cc1. The van der Waals surface area contributed by atoms with Crippen molar-refractivity contribution in [3.63, 3.8) is 0 Å². The van der Waals surface area contributed by atoms with Crippen LogP contribution in [0.5, 0.6) is 5.75 Å². The summed E-state index contributed by atoms with van der Waals surface area (Å²) in [4.78, 5) is 23.1. The molecule has 6 nitrogen and oxygen atoms in total. The Labute approximate surface area is 169 Å². The Morgan fingerprint density at radius 3 is 2.14 bits per heavy atom. The minimum Gasteiger partial charge on any atom is -0.481 e. The lowest BCUT2D eigenvalue weighted by Crippen LogP contribution is -2.35. The fourth-order valence-corrected chi connectivity index (χ4v) is 2.80. The average molecular weight is 389 g/mol. The van der Waals surface area contributed by atoms with E-state index in [0.717, 1.165) is 16.7 Å². The molecule has 0 fully saturated rings. The molecule has 1 atom stereocenters. The van der Waals surface area contributed by atoms with E-state index in [9.17, 15) is 9.59 Å². The van der Waals surface area contributed by atoms with E-state index in [1.165, 1.54) is 0 Å². The van der Waals surface area contributed by atoms with Gasteiger partial charge >= 0.3 is 6.03 Å². The number of benzene rings is 3. The first-order chi connectivity index (χ1) is 14.0. The van der Waals surface area contributed by atoms with Crippen molar-refractivity contribution < 1.29 is 14.3 Å². The highest BCUT2D eigenvalue weighted by atomic mass is 16.5. The molecule has 4 N–H and O–H groups in total. The smallest absolute Gasteiger partial charge is 0.316 e. The first kappa shape index (κ1) is 19.9. The van der Waals surface area contributed by atoms with Crippen molar-refractivity contribution in [3.8, 4) is 16.9 Å². The maximum Gasteiger partial charge on any atom is 0.316 e. The number of amides is 3. The maximum absolute atomic E-state index is 12.3. The molecule has 0 radical (unpaired) electrons. The third-order valence-corrected chi connectivity index (χ3v) is 4.33. The van der Waals surface area contributed by atoms with Crippen LogP contribution in [0.4, 0.5) is 10.5 Å². The van der Waals surface area contributed by atoms with Crippen LogP contribution >= 0.6 is 0 Å². The van der Waals surface area contributed by atoms with E-state index in [1.54, 1.807) is 31.2 Å². The number of carbonyl (C=O) groups is 2. The number of anilines is 1. The van der Waals surface area contributed by atoms with Gasteiger partial charge in [0, 0.05) is 12.2 Å². The van der Waals surface area contributed by atoms with Crippen LogP contribution in [0.25, 0.3) is 11.1 Å². The monoisotopic (exact) mass is 389 g/mol. The first-order valence-electron chi connectivity index (χ1n) is 9.26. The van der Waals surface area contributed by atoms with Gasteiger partial charge in [-0.2, -0.15) is 0 Å². The number of hydrogen-bond acceptors (Lipinski definition) is 3. The zero-order valence-electron chi connectivity index (χ0n) is 16.1. The van der Waals surface area contributed by atoms with Gasteiger partial charge in [-0.3, -0.25) is 4.79 Å². The number of hydrogen-bond donors (Lipinski definition) is 3. The maximum atomic E-state index is 12.3. The van der Waals surface area contributed by atoms with Crippen LogP contribution in [-0.4, -0.2) is 18.0 Å². The summed E-state index contributed by atoms with van der Waals surface area (Å²) in [7, 11) is 0. The highest BCUT2D eigenvalue weighted by Crippen LogP contribution is 2.22. The summed E-state index contributed by atoms with van der Waals surface area (Å²) in [5, 5.41) is 5.33. The molecule has 1 unspecified atom stereocenters. The van der Waals surface area contributed by atoms with E-state index in [0.29, 0.717) is 18.0 Å². The lowest BCUT2D eigenvalue weighted by atomic mass is 10.1. The predicted octanol–water partition coefficient (Wildman–Crippen LogP) is 3.93. The molecule has 0 heterocycles. The molecule has 0 aliphatic rings. The van der Waals surface area contributed by atoms with Crippen molar-refractivity contribution in [2.24, 2.45) is 5.73 Å². The molecule has 0 aromatic heterocycles. The fourth-order valence-electron chi connectivity index (χ4n) is 2.80. The van der Waals surface area contributed by atoms with E-state index in [1.807, 2.05) is 54.6 Å². The minimum atomic E-state index is -0.631. The van der Waals surface area contributed by atoms with Gasteiger partial charge in [-0.05, 0) is 47.9 Å². The topological polar surface area (TPSA) is 93.4 Å². The molecule has 6 heteroatoms. The van der Waals surface area contributed by atoms with Crippen LogP contribution in [-0.2, 0) is 11.3 Å². The molecule has 0 spiro atoms. The van der Waals surface area contributed by atoms with Gasteiger partial charge in [0.1, 0.15) is 5.75 Å². The van der Waals surface area contributed by atoms with Gasteiger partial charge in [-0.15, -0.1) is 0 Å². The number of urea groups is 1. The molecule has 0 saturated heterocycles. The Bertz CT molecular complexity index is 955. The average Bonchev–Trinajstić information content (AvgIpc) is 2.74. The number of carbonyl (C=O) groups excluding carboxylic acids is 2. The summed E-state index contributed by atoms with van der Waals surface area (Å²) in [6.07, 6.45) is -0.631. The van der Waals surface area contributed by atoms with E-state index < -0.39 is 12.1 Å². The minimum absolute atomic E-state index is 0.212. The zero-order valence-corrected chi connectivity index (χ0v) is 16.1. The Hall–Kier alpha value is -3.80. The highest BCUT2D eigenvalue weighted by Gasteiger charge is 2.14. The van der Waals surface area contributed by atoms with Crippen molar-refractivity contribution in [2.45, 2.75) is 19.6 Å². The van der Waals surface area contributed by atoms with Crippen LogP contribution in [0.1, 0.15) is 12.5 Å². The zero-order chi connectivity index (χ0) is 20.6. The summed E-state index contributed by atoms with van der Waals surface area (Å²) < 4.78 is 5.74. The third-order valence-electron chi connectivity index (χ3n) is 4.33. The predicted molar refractivity (Wildman–Crippen MR) is 113 cm³/mol. The molecule has 148 valence electrons. The van der Waals surface area contributed by atoms with Gasteiger partial charge in [0.25, 0.3) is 5.91 Å². The van der Waals surface area contributed by atoms with Crippen LogP contribution < -0.4 is 21.1 Å². The summed E-state index contributed by atoms with van der Waals surface area (Å²) in [6, 6.07) is 24.1. The standard InChI is InChI=1S/C23H23N3O3/c1-16(22(27)25-15-17-7-11-20(12-8-17)26-23(24)28)29-21-13-9-19(10-14-21)18-5-3-2-4-6-18/h2-14,16H,15H2,1H3,(H,25,27)(H3,24,26,28). The van der Waals surface area contributed by atoms with E-state index in [-0.39, 0.29) is 5.91 Å². The molecule has 3 rings (SSSR count). The van der Waals surface area contributed by atoms with Gasteiger partial charge < -0.3 is 21.1 Å². The summed E-state index contributed by atoms with van der Waals surface area (Å²) in [5.74, 6) is 0.422. The second-order valence-corrected chi connectivity index (χ2v) is 6.55. The van der Waals surface area contributed by atoms with Crippen molar-refractivity contribution in [1.29, 1.82) is 0 Å². The van der Waals surface area contributed by atoms with Crippen molar-refractivity contribution in [3.05, 3.63) is 84.4 Å². The van der Waals surface area contributed by atoms with Crippen molar-refractivity contribution in [1.82, 2.24) is 5.32 Å². The highest BCUT2D eigenvalue weighted by molar-refractivity contribution is 5.87. The summed E-state index contributed by atoms with van der Waals surface area (Å²) >= 11 is 0. The summed E-state index contributed by atoms with van der Waals surface area (Å²) in [6.45, 7) is 2.07. The number of rotatable bonds is 7. The normalized spacial score (nSPS) is 11.3. The molecular weight excluding hydrogens is 366 g/mol. The molecule has 3 aromatic carbocycles. The lowest BCUT2D eigenvalue weighted by Gasteiger charge is -2.15. The Balaban J connectivity index is 1.50. The van der Waals surface area contributed by atoms with Gasteiger partial charge in [0.15, 0.2) is 6.10 Å². The number of nitrogens with two attached hydrogens (primary N) is 1. The second kappa shape index (κ2) is 9.41. The molecular formula is C23H23N3O3. The van der Waals surface area contributed by atoms with Crippen LogP contribution in [0, 0.1) is 0 Å². The van der Waals surface area contributed by atoms with E-state index in [2.05, 4.69) is 10.6 Å². The quantitative estimate of drug-likeness (QED) is 0.572. The Morgan fingerprint density at radius 2 is 1.52 bits per heavy atom. The van der Waals surface area contributed by atoms with E-state index >= 15 is 0 Å². The first-order valence-corrected chi connectivity index (χ1v) is 9.26. The molecule has 0 aliphatic heterocycles. The largest absolute Gasteiger partial charge is 0.481 e. The number of nitrogens with one attached hydrogen (secondary N) is 2. The van der Waals surface area contributed by atoms with Crippen molar-refractivity contribution in [2.75, 3.05) is 5.32 Å². The number of ether oxygens (including phenoxy) is 1. The van der Waals surface area contributed by atoms with Gasteiger partial charge in [0.05, 0.1) is 0 Å². The molecule has 0 aliphatic carbocycles. The number of primary amides is 1. The molecule has 29 heavy (non-hydrogen) atoms. The fraction of sp³-hybridized carbons (Fsp3) is 0.130. The van der Waals surface area contributed by atoms with Gasteiger partial charge in [-0.25, -0.2) is 4.79 Å². The molecule has 0 saturated carbocycles. The van der Waals surface area contributed by atoms with Gasteiger partial charge in [0.2, 0.25) is 0 Å². The Morgan fingerprint density at radius 1 is 0.897 bits per heavy atom. The van der Waals surface area contributed by atoms with Crippen LogP contribution in [0.3, 0.4) is 0 Å². The molecule has 3 amide bonds. The molecule has 3 aromatic rings. The Kier molecular flexibility index (Phi) is 6.47. The van der Waals surface area contributed by atoms with Crippen molar-refractivity contribution >= 4 is 17.6 Å². The van der Waals surface area contributed by atoms with Gasteiger partial charge in [-0.1, -0.05) is 54.6 Å². The van der Waals surface area contributed by atoms with Crippen LogP contribution in [0.15, 0.2) is 78.9 Å². The lowest BCUT2D eigenvalue weighted by molar-refractivity contribution is -0.127. The van der Waals surface area contributed by atoms with Crippen LogP contribution in [0.2, 0.25) is 0 Å². The second-order valence-electron chi connectivity index (χ2n) is 6.55.